The second-order valence-corrected chi connectivity index (χ2v) is 26.0. The highest BCUT2D eigenvalue weighted by Gasteiger charge is 2.17. The number of aryl methyl sites for hydroxylation is 1. The molecule has 0 saturated carbocycles. The average molecular weight is 1400 g/mol. The highest BCUT2D eigenvalue weighted by atomic mass is 16.6. The van der Waals surface area contributed by atoms with Gasteiger partial charge in [0.05, 0.1) is 19.3 Å². The topological polar surface area (TPSA) is 206 Å². The Hall–Kier alpha value is -2.31. The van der Waals surface area contributed by atoms with Gasteiger partial charge < -0.3 is 87.4 Å². The van der Waals surface area contributed by atoms with E-state index in [4.69, 9.17) is 76.8 Å². The summed E-state index contributed by atoms with van der Waals surface area (Å²) in [6.45, 7) is 28.3. The van der Waals surface area contributed by atoms with E-state index in [9.17, 15) is 4.79 Å². The van der Waals surface area contributed by atoms with Crippen molar-refractivity contribution in [1.29, 1.82) is 0 Å². The highest BCUT2D eigenvalue weighted by molar-refractivity contribution is 5.67. The Morgan fingerprint density at radius 2 is 0.643 bits per heavy atom. The number of hydrogen-bond acceptors (Lipinski definition) is 18. The lowest BCUT2D eigenvalue weighted by Crippen LogP contribution is -2.36. The summed E-state index contributed by atoms with van der Waals surface area (Å²) in [4.78, 5) is 12.3. The molecule has 0 heterocycles. The van der Waals surface area contributed by atoms with Gasteiger partial charge in [0.2, 0.25) is 0 Å². The molecule has 1 rings (SSSR count). The molecule has 1 amide bonds. The molecule has 0 spiro atoms. The Balaban J connectivity index is 1.88. The summed E-state index contributed by atoms with van der Waals surface area (Å²) in [7, 11) is 0. The number of carbonyl (C=O) groups is 1. The number of amides is 1. The number of rotatable bonds is 85. The average Bonchev–Trinajstić information content (AvgIpc) is 1.35. The fourth-order valence-corrected chi connectivity index (χ4v) is 10.3. The Morgan fingerprint density at radius 3 is 0.959 bits per heavy atom. The molecule has 1 aromatic carbocycles. The van der Waals surface area contributed by atoms with Crippen LogP contribution in [0.3, 0.4) is 0 Å². The van der Waals surface area contributed by atoms with E-state index in [-0.39, 0.29) is 18.8 Å². The van der Waals surface area contributed by atoms with Gasteiger partial charge in [-0.25, -0.2) is 4.79 Å². The van der Waals surface area contributed by atoms with E-state index in [2.05, 4.69) is 48.7 Å². The monoisotopic (exact) mass is 1400 g/mol. The smallest absolute Gasteiger partial charge is 0.407 e. The largest absolute Gasteiger partial charge is 0.488 e. The number of unbranched alkanes of at least 4 members (excludes halogenated alkanes) is 21. The van der Waals surface area contributed by atoms with Crippen molar-refractivity contribution in [3.63, 3.8) is 0 Å². The van der Waals surface area contributed by atoms with Crippen LogP contribution in [0.2, 0.25) is 0 Å². The third-order valence-corrected chi connectivity index (χ3v) is 16.6. The number of ether oxygens (including phenoxy) is 15. The van der Waals surface area contributed by atoms with Crippen LogP contribution in [0.15, 0.2) is 24.3 Å². The quantitative estimate of drug-likeness (QED) is 0.0519. The van der Waals surface area contributed by atoms with Crippen molar-refractivity contribution in [3.8, 4) is 5.75 Å². The van der Waals surface area contributed by atoms with Gasteiger partial charge in [-0.05, 0) is 185 Å². The third kappa shape index (κ3) is 73.4. The van der Waals surface area contributed by atoms with Gasteiger partial charge in [0.25, 0.3) is 0 Å². The van der Waals surface area contributed by atoms with Crippen molar-refractivity contribution >= 4 is 6.09 Å². The van der Waals surface area contributed by atoms with E-state index < -0.39 is 6.09 Å². The second kappa shape index (κ2) is 82.0. The third-order valence-electron chi connectivity index (χ3n) is 16.6. The zero-order chi connectivity index (χ0) is 70.1. The van der Waals surface area contributed by atoms with E-state index in [1.165, 1.54) is 76.2 Å². The second-order valence-electron chi connectivity index (χ2n) is 26.0. The lowest BCUT2D eigenvalue weighted by molar-refractivity contribution is -0.0370. The van der Waals surface area contributed by atoms with Gasteiger partial charge in [-0.15, -0.1) is 0 Å². The number of benzene rings is 1. The van der Waals surface area contributed by atoms with Gasteiger partial charge in [0, 0.05) is 185 Å². The molecule has 0 fully saturated rings. The Kier molecular flexibility index (Phi) is 78.4. The molecular weight excluding hydrogens is 1250 g/mol. The minimum Gasteiger partial charge on any atom is -0.488 e. The van der Waals surface area contributed by atoms with Crippen LogP contribution in [0.4, 0.5) is 4.79 Å². The Labute approximate surface area is 599 Å². The molecule has 19 heteroatoms. The van der Waals surface area contributed by atoms with E-state index in [0.717, 1.165) is 305 Å². The van der Waals surface area contributed by atoms with Crippen LogP contribution in [0.25, 0.3) is 0 Å². The lowest BCUT2D eigenvalue weighted by Gasteiger charge is -2.23. The molecular formula is C79H153N3O16. The maximum Gasteiger partial charge on any atom is 0.407 e. The molecule has 1 aromatic rings. The number of nitrogens with two attached hydrogens (primary N) is 1. The Morgan fingerprint density at radius 1 is 0.337 bits per heavy atom. The molecule has 4 N–H and O–H groups in total. The molecule has 0 aromatic heterocycles. The summed E-state index contributed by atoms with van der Waals surface area (Å²) < 4.78 is 88.0. The van der Waals surface area contributed by atoms with Crippen molar-refractivity contribution < 1.29 is 75.8 Å². The van der Waals surface area contributed by atoms with Crippen LogP contribution >= 0.6 is 0 Å². The first kappa shape index (κ1) is 93.7. The Bertz CT molecular complexity index is 1660. The summed E-state index contributed by atoms with van der Waals surface area (Å²) >= 11 is 0. The van der Waals surface area contributed by atoms with Crippen LogP contribution in [-0.4, -0.2) is 216 Å². The van der Waals surface area contributed by atoms with Gasteiger partial charge in [-0.1, -0.05) is 97.1 Å². The molecule has 0 aliphatic carbocycles. The molecule has 0 aliphatic heterocycles. The minimum absolute atomic E-state index is 0.172. The summed E-state index contributed by atoms with van der Waals surface area (Å²) in [5.41, 5.74) is 6.87. The fraction of sp³-hybridized carbons (Fsp3) is 0.911. The molecule has 19 nitrogen and oxygen atoms in total. The summed E-state index contributed by atoms with van der Waals surface area (Å²) in [5, 5.41) is 5.92. The molecule has 0 aliphatic rings. The van der Waals surface area contributed by atoms with E-state index in [0.29, 0.717) is 58.8 Å². The van der Waals surface area contributed by atoms with Crippen molar-refractivity contribution in [2.24, 2.45) is 5.73 Å². The molecule has 2 unspecified atom stereocenters. The lowest BCUT2D eigenvalue weighted by atomic mass is 10.0. The molecule has 0 saturated heterocycles. The predicted octanol–water partition coefficient (Wildman–Crippen LogP) is 15.9. The maximum atomic E-state index is 12.3. The van der Waals surface area contributed by atoms with Crippen molar-refractivity contribution in [1.82, 2.24) is 10.6 Å². The van der Waals surface area contributed by atoms with Crippen LogP contribution in [0.1, 0.15) is 257 Å². The van der Waals surface area contributed by atoms with Gasteiger partial charge in [0.15, 0.2) is 0 Å². The number of alkyl carbamates (subject to hydrolysis) is 1. The first-order valence-corrected chi connectivity index (χ1v) is 40.2. The fourth-order valence-electron chi connectivity index (χ4n) is 10.3. The van der Waals surface area contributed by atoms with E-state index in [1.54, 1.807) is 0 Å². The number of nitrogens with one attached hydrogen (secondary N) is 2. The van der Waals surface area contributed by atoms with Crippen molar-refractivity contribution in [3.05, 3.63) is 29.8 Å². The van der Waals surface area contributed by atoms with E-state index in [1.807, 2.05) is 6.92 Å². The van der Waals surface area contributed by atoms with Gasteiger partial charge in [-0.3, -0.25) is 0 Å². The van der Waals surface area contributed by atoms with Crippen LogP contribution < -0.4 is 21.1 Å². The highest BCUT2D eigenvalue weighted by Crippen LogP contribution is 2.19. The van der Waals surface area contributed by atoms with Crippen LogP contribution in [0, 0.1) is 0 Å². The van der Waals surface area contributed by atoms with Gasteiger partial charge in [0.1, 0.15) is 18.5 Å². The minimum atomic E-state index is -0.452. The van der Waals surface area contributed by atoms with Crippen LogP contribution in [0.5, 0.6) is 5.75 Å². The summed E-state index contributed by atoms with van der Waals surface area (Å²) in [6.07, 6.45) is 40.0. The number of hydrogen-bond donors (Lipinski definition) is 3. The first-order valence-electron chi connectivity index (χ1n) is 40.2. The standard InChI is InChI=1S/C79H153N3O16/c1-4-7-9-10-11-12-13-14-15-16-39-75-40-42-77(43-41-75)98-78(74-96-76(6-3)73-97-79(83)82-48-47-81-46-45-80)44-72-95-71-38-37-70-94-69-36-35-68-93-67-34-33-66-92-65-32-31-64-91-63-30-29-62-90-61-28-27-60-89-59-26-25-58-88-57-24-23-56-87-55-22-21-54-86-53-20-19-52-85-51-18-17-50-84-49-8-5-2/h40-43,76,78,81H,4-39,44-74,80H2,1-3H3,(H,82,83). The SMILES string of the molecule is CCCCCCCCCCCCc1ccc(OC(CCOCCCCOCCCCOCCCCOCCCCOCCCCOCCCCOCCCCOCCCCOCCCCOCCCCOCCCCOCCCC)COC(CC)COC(=O)NCCNCCN)cc1. The summed E-state index contributed by atoms with van der Waals surface area (Å²) in [6, 6.07) is 8.54. The molecule has 580 valence electrons. The van der Waals surface area contributed by atoms with Crippen LogP contribution in [-0.2, 0) is 72.7 Å². The maximum absolute atomic E-state index is 12.3. The first-order chi connectivity index (χ1) is 48.6. The summed E-state index contributed by atoms with van der Waals surface area (Å²) in [5.74, 6) is 0.827. The molecule has 98 heavy (non-hydrogen) atoms. The van der Waals surface area contributed by atoms with Crippen molar-refractivity contribution in [2.75, 3.05) is 198 Å². The molecule has 0 bridgehead atoms. The van der Waals surface area contributed by atoms with Gasteiger partial charge >= 0.3 is 6.09 Å². The zero-order valence-corrected chi connectivity index (χ0v) is 63.4. The van der Waals surface area contributed by atoms with Gasteiger partial charge in [-0.2, -0.15) is 0 Å². The van der Waals surface area contributed by atoms with Crippen molar-refractivity contribution in [2.45, 2.75) is 271 Å². The van der Waals surface area contributed by atoms with E-state index >= 15 is 0 Å². The molecule has 0 radical (unpaired) electrons. The molecule has 2 atom stereocenters. The number of carbonyl (C=O) groups excluding carboxylic acids is 1. The zero-order valence-electron chi connectivity index (χ0n) is 63.4. The predicted molar refractivity (Wildman–Crippen MR) is 399 cm³/mol. The normalized spacial score (nSPS) is 12.3.